The van der Waals surface area contributed by atoms with Crippen LogP contribution >= 0.6 is 0 Å². The van der Waals surface area contributed by atoms with Crippen LogP contribution in [0.15, 0.2) is 36.5 Å². The van der Waals surface area contributed by atoms with Gasteiger partial charge in [0.25, 0.3) is 10.2 Å². The van der Waals surface area contributed by atoms with Crippen molar-refractivity contribution in [2.45, 2.75) is 39.5 Å². The number of piperidine rings is 1. The molecule has 1 fully saturated rings. The molecular weight excluding hydrogens is 374 g/mol. The highest BCUT2D eigenvalue weighted by Crippen LogP contribution is 2.28. The molecule has 0 saturated carbocycles. The Balaban J connectivity index is 1.69. The molecule has 1 aliphatic heterocycles. The monoisotopic (exact) mass is 403 g/mol. The zero-order chi connectivity index (χ0) is 20.1. The molecule has 8 heteroatoms. The van der Waals surface area contributed by atoms with Gasteiger partial charge in [0.2, 0.25) is 0 Å². The Kier molecular flexibility index (Phi) is 6.64. The topological polar surface area (TPSA) is 78.4 Å². The first-order valence-corrected chi connectivity index (χ1v) is 11.3. The van der Waals surface area contributed by atoms with Gasteiger partial charge in [-0.25, -0.2) is 4.98 Å². The number of rotatable bonds is 7. The summed E-state index contributed by atoms with van der Waals surface area (Å²) < 4.78 is 28.8. The number of hydrogen-bond acceptors (Lipinski definition) is 5. The van der Waals surface area contributed by atoms with Crippen LogP contribution in [-0.2, 0) is 10.2 Å². The van der Waals surface area contributed by atoms with Crippen molar-refractivity contribution in [1.29, 1.82) is 0 Å². The Morgan fingerprint density at radius 3 is 2.64 bits per heavy atom. The van der Waals surface area contributed by atoms with Gasteiger partial charge in [-0.3, -0.25) is 4.98 Å². The van der Waals surface area contributed by atoms with E-state index >= 15 is 0 Å². The summed E-state index contributed by atoms with van der Waals surface area (Å²) in [7, 11) is -3.40. The molecule has 152 valence electrons. The zero-order valence-corrected chi connectivity index (χ0v) is 17.6. The largest absolute Gasteiger partial charge is 0.339 e. The summed E-state index contributed by atoms with van der Waals surface area (Å²) in [4.78, 5) is 9.03. The number of nitrogens with zero attached hydrogens (tertiary/aromatic N) is 4. The molecule has 1 aliphatic rings. The van der Waals surface area contributed by atoms with E-state index in [1.54, 1.807) is 10.5 Å². The van der Waals surface area contributed by atoms with Gasteiger partial charge in [-0.2, -0.15) is 17.0 Å². The van der Waals surface area contributed by atoms with Crippen molar-refractivity contribution in [3.8, 4) is 0 Å². The van der Waals surface area contributed by atoms with Gasteiger partial charge in [0.05, 0.1) is 11.9 Å². The standard InChI is InChI=1S/C20H29N5O2S/c1-4-24(5-2)28(26,27)25-13-7-9-17(15-25)19-12-11-18(14-21-19)23-20-10-6-8-16(3)22-20/h6,8,10-12,14,17H,4-5,7,9,13,15H2,1-3H3,(H,22,23). The van der Waals surface area contributed by atoms with Gasteiger partial charge in [0.1, 0.15) is 5.82 Å². The Labute approximate surface area is 168 Å². The molecule has 1 unspecified atom stereocenters. The Morgan fingerprint density at radius 2 is 2.00 bits per heavy atom. The average molecular weight is 404 g/mol. The Bertz CT molecular complexity index is 882. The smallest absolute Gasteiger partial charge is 0.281 e. The third kappa shape index (κ3) is 4.68. The van der Waals surface area contributed by atoms with E-state index < -0.39 is 10.2 Å². The molecule has 2 aromatic rings. The fraction of sp³-hybridized carbons (Fsp3) is 0.500. The summed E-state index contributed by atoms with van der Waals surface area (Å²) >= 11 is 0. The zero-order valence-electron chi connectivity index (χ0n) is 16.8. The number of aromatic nitrogens is 2. The van der Waals surface area contributed by atoms with Crippen molar-refractivity contribution in [2.24, 2.45) is 0 Å². The van der Waals surface area contributed by atoms with Crippen molar-refractivity contribution in [3.05, 3.63) is 47.9 Å². The molecule has 1 N–H and O–H groups in total. The van der Waals surface area contributed by atoms with Crippen LogP contribution in [0.4, 0.5) is 11.5 Å². The Morgan fingerprint density at radius 1 is 1.21 bits per heavy atom. The van der Waals surface area contributed by atoms with E-state index in [9.17, 15) is 8.42 Å². The minimum atomic E-state index is -3.40. The normalized spacial score (nSPS) is 18.4. The van der Waals surface area contributed by atoms with E-state index in [2.05, 4.69) is 15.3 Å². The van der Waals surface area contributed by atoms with Crippen LogP contribution < -0.4 is 5.32 Å². The third-order valence-electron chi connectivity index (χ3n) is 5.11. The molecule has 1 atom stereocenters. The third-order valence-corrected chi connectivity index (χ3v) is 7.26. The van der Waals surface area contributed by atoms with E-state index in [-0.39, 0.29) is 5.92 Å². The SMILES string of the molecule is CCN(CC)S(=O)(=O)N1CCCC(c2ccc(Nc3cccc(C)n3)cn2)C1. The van der Waals surface area contributed by atoms with Crippen LogP contribution in [-0.4, -0.2) is 53.2 Å². The van der Waals surface area contributed by atoms with Crippen molar-refractivity contribution in [1.82, 2.24) is 18.6 Å². The summed E-state index contributed by atoms with van der Waals surface area (Å²) in [6, 6.07) is 9.78. The summed E-state index contributed by atoms with van der Waals surface area (Å²) in [5.41, 5.74) is 2.75. The van der Waals surface area contributed by atoms with Crippen molar-refractivity contribution < 1.29 is 8.42 Å². The van der Waals surface area contributed by atoms with E-state index in [4.69, 9.17) is 0 Å². The fourth-order valence-corrected chi connectivity index (χ4v) is 5.30. The van der Waals surface area contributed by atoms with Crippen molar-refractivity contribution >= 4 is 21.7 Å². The molecule has 0 aliphatic carbocycles. The minimum absolute atomic E-state index is 0.116. The molecular formula is C20H29N5O2S. The lowest BCUT2D eigenvalue weighted by atomic mass is 9.95. The molecule has 0 amide bonds. The molecule has 3 rings (SSSR count). The molecule has 3 heterocycles. The number of hydrogen-bond donors (Lipinski definition) is 1. The average Bonchev–Trinajstić information content (AvgIpc) is 2.69. The van der Waals surface area contributed by atoms with Crippen LogP contribution in [0.3, 0.4) is 0 Å². The van der Waals surface area contributed by atoms with Gasteiger partial charge in [0.15, 0.2) is 0 Å². The van der Waals surface area contributed by atoms with Gasteiger partial charge in [-0.05, 0) is 44.0 Å². The second kappa shape index (κ2) is 8.98. The highest BCUT2D eigenvalue weighted by Gasteiger charge is 2.33. The van der Waals surface area contributed by atoms with Gasteiger partial charge < -0.3 is 5.32 Å². The second-order valence-corrected chi connectivity index (χ2v) is 8.98. The van der Waals surface area contributed by atoms with Crippen molar-refractivity contribution in [2.75, 3.05) is 31.5 Å². The summed E-state index contributed by atoms with van der Waals surface area (Å²) in [5, 5.41) is 3.25. The molecule has 7 nitrogen and oxygen atoms in total. The van der Waals surface area contributed by atoms with Gasteiger partial charge >= 0.3 is 0 Å². The van der Waals surface area contributed by atoms with Crippen LogP contribution in [0.5, 0.6) is 0 Å². The first kappa shape index (κ1) is 20.7. The molecule has 0 spiro atoms. The molecule has 1 saturated heterocycles. The number of aryl methyl sites for hydroxylation is 1. The maximum absolute atomic E-state index is 12.8. The lowest BCUT2D eigenvalue weighted by Crippen LogP contribution is -2.47. The first-order chi connectivity index (χ1) is 13.4. The Hall–Kier alpha value is -2.03. The highest BCUT2D eigenvalue weighted by atomic mass is 32.2. The number of pyridine rings is 2. The molecule has 28 heavy (non-hydrogen) atoms. The van der Waals surface area contributed by atoms with E-state index in [1.807, 2.05) is 51.1 Å². The number of nitrogens with one attached hydrogen (secondary N) is 1. The quantitative estimate of drug-likeness (QED) is 0.767. The summed E-state index contributed by atoms with van der Waals surface area (Å²) in [6.45, 7) is 7.74. The summed E-state index contributed by atoms with van der Waals surface area (Å²) in [5.74, 6) is 0.897. The molecule has 0 radical (unpaired) electrons. The predicted octanol–water partition coefficient (Wildman–Crippen LogP) is 3.29. The molecule has 2 aromatic heterocycles. The van der Waals surface area contributed by atoms with E-state index in [0.29, 0.717) is 26.2 Å². The van der Waals surface area contributed by atoms with Gasteiger partial charge in [-0.1, -0.05) is 19.9 Å². The summed E-state index contributed by atoms with van der Waals surface area (Å²) in [6.07, 6.45) is 3.58. The maximum Gasteiger partial charge on any atom is 0.281 e. The minimum Gasteiger partial charge on any atom is -0.339 e. The van der Waals surface area contributed by atoms with Crippen LogP contribution in [0.1, 0.15) is 44.0 Å². The van der Waals surface area contributed by atoms with Crippen LogP contribution in [0.2, 0.25) is 0 Å². The molecule has 0 aromatic carbocycles. The van der Waals surface area contributed by atoms with Gasteiger partial charge in [-0.15, -0.1) is 0 Å². The van der Waals surface area contributed by atoms with E-state index in [0.717, 1.165) is 35.7 Å². The predicted molar refractivity (Wildman–Crippen MR) is 112 cm³/mol. The van der Waals surface area contributed by atoms with E-state index in [1.165, 1.54) is 4.31 Å². The maximum atomic E-state index is 12.8. The molecule has 0 bridgehead atoms. The van der Waals surface area contributed by atoms with Gasteiger partial charge in [0, 0.05) is 43.5 Å². The lowest BCUT2D eigenvalue weighted by molar-refractivity contribution is 0.285. The first-order valence-electron chi connectivity index (χ1n) is 9.86. The van der Waals surface area contributed by atoms with Crippen LogP contribution in [0, 0.1) is 6.92 Å². The van der Waals surface area contributed by atoms with Crippen molar-refractivity contribution in [3.63, 3.8) is 0 Å². The van der Waals surface area contributed by atoms with Crippen LogP contribution in [0.25, 0.3) is 0 Å². The second-order valence-electron chi connectivity index (χ2n) is 7.05. The number of anilines is 2. The lowest BCUT2D eigenvalue weighted by Gasteiger charge is -2.34. The highest BCUT2D eigenvalue weighted by molar-refractivity contribution is 7.86. The fourth-order valence-electron chi connectivity index (χ4n) is 3.59.